The molecular weight excluding hydrogens is 320 g/mol. The molecule has 0 spiro atoms. The van der Waals surface area contributed by atoms with Gasteiger partial charge >= 0.3 is 6.03 Å². The molecule has 0 aliphatic rings. The van der Waals surface area contributed by atoms with Crippen LogP contribution >= 0.6 is 11.8 Å². The number of benzene rings is 2. The lowest BCUT2D eigenvalue weighted by atomic mass is 10.0. The number of hydrogen-bond donors (Lipinski definition) is 3. The highest BCUT2D eigenvalue weighted by Gasteiger charge is 2.06. The van der Waals surface area contributed by atoms with E-state index < -0.39 is 0 Å². The Labute approximate surface area is 147 Å². The summed E-state index contributed by atoms with van der Waals surface area (Å²) in [4.78, 5) is 12.0. The van der Waals surface area contributed by atoms with Crippen molar-refractivity contribution in [1.29, 1.82) is 0 Å². The molecule has 3 N–H and O–H groups in total. The van der Waals surface area contributed by atoms with Crippen LogP contribution in [0.3, 0.4) is 0 Å². The largest absolute Gasteiger partial charge is 0.396 e. The number of anilines is 1. The van der Waals surface area contributed by atoms with Crippen molar-refractivity contribution < 1.29 is 9.90 Å². The molecule has 128 valence electrons. The number of carbonyl (C=O) groups excluding carboxylic acids is 1. The highest BCUT2D eigenvalue weighted by Crippen LogP contribution is 2.19. The van der Waals surface area contributed by atoms with Crippen LogP contribution in [0.15, 0.2) is 54.6 Å². The fourth-order valence-corrected chi connectivity index (χ4v) is 3.07. The summed E-state index contributed by atoms with van der Waals surface area (Å²) in [5.74, 6) is 1.76. The molecule has 4 nitrogen and oxygen atoms in total. The second-order valence-electron chi connectivity index (χ2n) is 5.39. The zero-order chi connectivity index (χ0) is 17.0. The third-order valence-electron chi connectivity index (χ3n) is 3.48. The normalized spacial score (nSPS) is 10.4. The molecule has 2 amide bonds. The van der Waals surface area contributed by atoms with Gasteiger partial charge in [0.2, 0.25) is 0 Å². The van der Waals surface area contributed by atoms with Crippen LogP contribution in [0.25, 0.3) is 0 Å². The summed E-state index contributed by atoms with van der Waals surface area (Å²) < 4.78 is 0. The molecule has 0 saturated carbocycles. The van der Waals surface area contributed by atoms with Crippen molar-refractivity contribution in [3.8, 4) is 0 Å². The molecular formula is C19H24N2O2S. The zero-order valence-corrected chi connectivity index (χ0v) is 14.5. The molecule has 24 heavy (non-hydrogen) atoms. The minimum Gasteiger partial charge on any atom is -0.396 e. The molecule has 0 unspecified atom stereocenters. The molecule has 2 rings (SSSR count). The van der Waals surface area contributed by atoms with Crippen molar-refractivity contribution in [2.45, 2.75) is 12.8 Å². The minimum absolute atomic E-state index is 0.182. The van der Waals surface area contributed by atoms with E-state index in [0.717, 1.165) is 35.6 Å². The maximum atomic E-state index is 12.0. The van der Waals surface area contributed by atoms with Gasteiger partial charge in [0.05, 0.1) is 0 Å². The van der Waals surface area contributed by atoms with Gasteiger partial charge in [-0.25, -0.2) is 4.79 Å². The van der Waals surface area contributed by atoms with Crippen LogP contribution in [-0.4, -0.2) is 35.8 Å². The van der Waals surface area contributed by atoms with Crippen LogP contribution in [0.4, 0.5) is 10.5 Å². The van der Waals surface area contributed by atoms with Crippen LogP contribution in [0.1, 0.15) is 17.5 Å². The van der Waals surface area contributed by atoms with Gasteiger partial charge in [-0.05, 0) is 35.8 Å². The number of thioether (sulfide) groups is 1. The number of nitrogens with one attached hydrogen (secondary N) is 2. The van der Waals surface area contributed by atoms with Gasteiger partial charge < -0.3 is 15.7 Å². The second-order valence-corrected chi connectivity index (χ2v) is 6.61. The number of hydrogen-bond acceptors (Lipinski definition) is 3. The summed E-state index contributed by atoms with van der Waals surface area (Å²) in [6, 6.07) is 17.9. The Bertz CT molecular complexity index is 620. The van der Waals surface area contributed by atoms with Crippen LogP contribution in [0.2, 0.25) is 0 Å². The molecule has 0 radical (unpaired) electrons. The number of rotatable bonds is 9. The van der Waals surface area contributed by atoms with Gasteiger partial charge in [0.1, 0.15) is 0 Å². The standard InChI is InChI=1S/C19H24N2O2S/c22-12-6-13-24-14-11-20-19(23)21-18-10-5-4-9-17(18)15-16-7-2-1-3-8-16/h1-5,7-10,22H,6,11-15H2,(H2,20,21,23). The Morgan fingerprint density at radius 3 is 2.54 bits per heavy atom. The first kappa shape index (κ1) is 18.4. The van der Waals surface area contributed by atoms with Crippen LogP contribution in [-0.2, 0) is 6.42 Å². The summed E-state index contributed by atoms with van der Waals surface area (Å²) in [7, 11) is 0. The first-order chi connectivity index (χ1) is 11.8. The second kappa shape index (κ2) is 10.7. The summed E-state index contributed by atoms with van der Waals surface area (Å²) in [5, 5.41) is 14.5. The monoisotopic (exact) mass is 344 g/mol. The number of carbonyl (C=O) groups is 1. The predicted molar refractivity (Wildman–Crippen MR) is 102 cm³/mol. The van der Waals surface area contributed by atoms with Crippen LogP contribution in [0, 0.1) is 0 Å². The lowest BCUT2D eigenvalue weighted by Crippen LogP contribution is -2.31. The molecule has 0 bridgehead atoms. The van der Waals surface area contributed by atoms with Crippen molar-refractivity contribution in [2.75, 3.05) is 30.0 Å². The van der Waals surface area contributed by atoms with Crippen LogP contribution in [0.5, 0.6) is 0 Å². The summed E-state index contributed by atoms with van der Waals surface area (Å²) in [6.45, 7) is 0.835. The van der Waals surface area contributed by atoms with Crippen LogP contribution < -0.4 is 10.6 Å². The molecule has 0 atom stereocenters. The zero-order valence-electron chi connectivity index (χ0n) is 13.7. The highest BCUT2D eigenvalue weighted by atomic mass is 32.2. The number of para-hydroxylation sites is 1. The van der Waals surface area contributed by atoms with Crippen molar-refractivity contribution in [1.82, 2.24) is 5.32 Å². The first-order valence-electron chi connectivity index (χ1n) is 8.15. The SMILES string of the molecule is O=C(NCCSCCCO)Nc1ccccc1Cc1ccccc1. The average Bonchev–Trinajstić information content (AvgIpc) is 2.61. The fraction of sp³-hybridized carbons (Fsp3) is 0.316. The smallest absolute Gasteiger partial charge is 0.319 e. The van der Waals surface area contributed by atoms with Gasteiger partial charge in [-0.15, -0.1) is 0 Å². The minimum atomic E-state index is -0.182. The Kier molecular flexibility index (Phi) is 8.21. The number of aliphatic hydroxyl groups is 1. The summed E-state index contributed by atoms with van der Waals surface area (Å²) >= 11 is 1.73. The maximum absolute atomic E-state index is 12.0. The van der Waals surface area contributed by atoms with Crippen molar-refractivity contribution >= 4 is 23.5 Å². The third kappa shape index (κ3) is 6.64. The number of amides is 2. The van der Waals surface area contributed by atoms with E-state index in [9.17, 15) is 4.79 Å². The summed E-state index contributed by atoms with van der Waals surface area (Å²) in [6.07, 6.45) is 1.58. The highest BCUT2D eigenvalue weighted by molar-refractivity contribution is 7.99. The molecule has 0 saturated heterocycles. The molecule has 2 aromatic carbocycles. The van der Waals surface area contributed by atoms with E-state index in [-0.39, 0.29) is 12.6 Å². The molecule has 0 fully saturated rings. The van der Waals surface area contributed by atoms with Gasteiger partial charge in [-0.3, -0.25) is 0 Å². The fourth-order valence-electron chi connectivity index (χ4n) is 2.28. The molecule has 0 aromatic heterocycles. The van der Waals surface area contributed by atoms with Crippen molar-refractivity contribution in [3.63, 3.8) is 0 Å². The van der Waals surface area contributed by atoms with Gasteiger partial charge in [-0.1, -0.05) is 48.5 Å². The Morgan fingerprint density at radius 2 is 1.75 bits per heavy atom. The Balaban J connectivity index is 1.82. The quantitative estimate of drug-likeness (QED) is 0.610. The van der Waals surface area contributed by atoms with E-state index in [2.05, 4.69) is 22.8 Å². The van der Waals surface area contributed by atoms with Gasteiger partial charge in [-0.2, -0.15) is 11.8 Å². The third-order valence-corrected chi connectivity index (χ3v) is 4.55. The lowest BCUT2D eigenvalue weighted by molar-refractivity contribution is 0.252. The number of aliphatic hydroxyl groups excluding tert-OH is 1. The molecule has 2 aromatic rings. The van der Waals surface area contributed by atoms with E-state index in [1.54, 1.807) is 11.8 Å². The van der Waals surface area contributed by atoms with E-state index in [1.165, 1.54) is 5.56 Å². The van der Waals surface area contributed by atoms with Gasteiger partial charge in [0, 0.05) is 24.6 Å². The average molecular weight is 344 g/mol. The van der Waals surface area contributed by atoms with Gasteiger partial charge in [0.25, 0.3) is 0 Å². The number of urea groups is 1. The Morgan fingerprint density at radius 1 is 1.00 bits per heavy atom. The maximum Gasteiger partial charge on any atom is 0.319 e. The lowest BCUT2D eigenvalue weighted by Gasteiger charge is -2.12. The summed E-state index contributed by atoms with van der Waals surface area (Å²) in [5.41, 5.74) is 3.15. The molecule has 0 heterocycles. The molecule has 0 aliphatic heterocycles. The van der Waals surface area contributed by atoms with Gasteiger partial charge in [0.15, 0.2) is 0 Å². The first-order valence-corrected chi connectivity index (χ1v) is 9.30. The van der Waals surface area contributed by atoms with E-state index in [1.807, 2.05) is 42.5 Å². The Hall–Kier alpha value is -1.98. The van der Waals surface area contributed by atoms with Crippen molar-refractivity contribution in [3.05, 3.63) is 65.7 Å². The van der Waals surface area contributed by atoms with E-state index >= 15 is 0 Å². The molecule has 5 heteroatoms. The van der Waals surface area contributed by atoms with E-state index in [4.69, 9.17) is 5.11 Å². The predicted octanol–water partition coefficient (Wildman–Crippen LogP) is 3.51. The topological polar surface area (TPSA) is 61.4 Å². The van der Waals surface area contributed by atoms with Crippen molar-refractivity contribution in [2.24, 2.45) is 0 Å². The van der Waals surface area contributed by atoms with E-state index in [0.29, 0.717) is 6.54 Å². The molecule has 0 aliphatic carbocycles.